The van der Waals surface area contributed by atoms with Gasteiger partial charge in [0.1, 0.15) is 11.6 Å². The molecule has 1 rings (SSSR count). The minimum absolute atomic E-state index is 0.151. The Labute approximate surface area is 99.2 Å². The fraction of sp³-hybridized carbons (Fsp3) is 0.417. The number of anilines is 1. The summed E-state index contributed by atoms with van der Waals surface area (Å²) in [6.45, 7) is 3.97. The zero-order valence-corrected chi connectivity index (χ0v) is 9.94. The van der Waals surface area contributed by atoms with Crippen LogP contribution in [-0.2, 0) is 0 Å². The number of urea groups is 1. The average Bonchev–Trinajstić information content (AvgIpc) is 2.26. The minimum atomic E-state index is -0.644. The largest absolute Gasteiger partial charge is 0.338 e. The second kappa shape index (κ2) is 6.18. The number of hydrogen-bond donors (Lipinski definition) is 2. The van der Waals surface area contributed by atoms with Gasteiger partial charge in [0.2, 0.25) is 0 Å². The molecule has 0 bridgehead atoms. The van der Waals surface area contributed by atoms with Gasteiger partial charge >= 0.3 is 6.03 Å². The van der Waals surface area contributed by atoms with Crippen LogP contribution in [0.5, 0.6) is 0 Å². The summed E-state index contributed by atoms with van der Waals surface area (Å²) in [7, 11) is 0. The van der Waals surface area contributed by atoms with Crippen molar-refractivity contribution in [2.24, 2.45) is 0 Å². The highest BCUT2D eigenvalue weighted by atomic mass is 19.1. The Morgan fingerprint density at radius 3 is 2.65 bits per heavy atom. The Balaban J connectivity index is 2.62. The van der Waals surface area contributed by atoms with Crippen molar-refractivity contribution >= 4 is 11.7 Å². The average molecular weight is 242 g/mol. The van der Waals surface area contributed by atoms with Crippen LogP contribution in [0.1, 0.15) is 25.3 Å². The number of amides is 2. The molecule has 0 radical (unpaired) electrons. The van der Waals surface area contributed by atoms with Gasteiger partial charge in [0, 0.05) is 12.6 Å². The molecule has 0 heterocycles. The molecule has 0 fully saturated rings. The molecule has 0 saturated carbocycles. The Kier molecular flexibility index (Phi) is 4.87. The lowest BCUT2D eigenvalue weighted by atomic mass is 10.2. The standard InChI is InChI=1S/C12H16F2N2O/c1-3-4-5-15-12(17)16-11-7-9(13)8(2)6-10(11)14/h6-7H,3-5H2,1-2H3,(H2,15,16,17). The zero-order valence-electron chi connectivity index (χ0n) is 9.94. The van der Waals surface area contributed by atoms with Gasteiger partial charge in [0.25, 0.3) is 0 Å². The summed E-state index contributed by atoms with van der Waals surface area (Å²) in [5.41, 5.74) is 0.0570. The summed E-state index contributed by atoms with van der Waals surface area (Å²) < 4.78 is 26.5. The summed E-state index contributed by atoms with van der Waals surface area (Å²) in [6, 6.07) is 1.50. The van der Waals surface area contributed by atoms with Crippen LogP contribution >= 0.6 is 0 Å². The zero-order chi connectivity index (χ0) is 12.8. The molecule has 2 N–H and O–H groups in total. The molecule has 0 atom stereocenters. The second-order valence-electron chi connectivity index (χ2n) is 3.82. The van der Waals surface area contributed by atoms with Crippen LogP contribution in [0.4, 0.5) is 19.3 Å². The van der Waals surface area contributed by atoms with Crippen LogP contribution in [0.3, 0.4) is 0 Å². The van der Waals surface area contributed by atoms with Crippen LogP contribution < -0.4 is 10.6 Å². The molecule has 17 heavy (non-hydrogen) atoms. The predicted molar refractivity (Wildman–Crippen MR) is 63.0 cm³/mol. The van der Waals surface area contributed by atoms with Crippen LogP contribution in [0.25, 0.3) is 0 Å². The quantitative estimate of drug-likeness (QED) is 0.782. The molecule has 0 aliphatic carbocycles. The number of hydrogen-bond acceptors (Lipinski definition) is 1. The van der Waals surface area contributed by atoms with Gasteiger partial charge in [-0.3, -0.25) is 0 Å². The van der Waals surface area contributed by atoms with Crippen LogP contribution in [0.2, 0.25) is 0 Å². The maximum absolute atomic E-state index is 13.4. The van der Waals surface area contributed by atoms with E-state index in [9.17, 15) is 13.6 Å². The van der Waals surface area contributed by atoms with E-state index in [4.69, 9.17) is 0 Å². The lowest BCUT2D eigenvalue weighted by Crippen LogP contribution is -2.29. The van der Waals surface area contributed by atoms with Crippen molar-refractivity contribution in [3.8, 4) is 0 Å². The van der Waals surface area contributed by atoms with Crippen LogP contribution in [0, 0.1) is 18.6 Å². The van der Waals surface area contributed by atoms with Crippen molar-refractivity contribution in [1.82, 2.24) is 5.32 Å². The fourth-order valence-electron chi connectivity index (χ4n) is 1.29. The van der Waals surface area contributed by atoms with Crippen molar-refractivity contribution in [2.75, 3.05) is 11.9 Å². The molecular weight excluding hydrogens is 226 g/mol. The van der Waals surface area contributed by atoms with Crippen LogP contribution in [0.15, 0.2) is 12.1 Å². The summed E-state index contributed by atoms with van der Waals surface area (Å²) in [5, 5.41) is 4.83. The first-order valence-corrected chi connectivity index (χ1v) is 5.55. The molecule has 1 aromatic carbocycles. The SMILES string of the molecule is CCCCNC(=O)Nc1cc(F)c(C)cc1F. The van der Waals surface area contributed by atoms with Gasteiger partial charge in [0.15, 0.2) is 0 Å². The van der Waals surface area contributed by atoms with E-state index in [1.165, 1.54) is 6.92 Å². The molecule has 2 amide bonds. The van der Waals surface area contributed by atoms with E-state index >= 15 is 0 Å². The van der Waals surface area contributed by atoms with E-state index in [0.717, 1.165) is 25.0 Å². The number of rotatable bonds is 4. The van der Waals surface area contributed by atoms with Crippen molar-refractivity contribution in [1.29, 1.82) is 0 Å². The molecule has 94 valence electrons. The highest BCUT2D eigenvalue weighted by molar-refractivity contribution is 5.89. The third kappa shape index (κ3) is 4.01. The third-order valence-corrected chi connectivity index (χ3v) is 2.31. The minimum Gasteiger partial charge on any atom is -0.338 e. The van der Waals surface area contributed by atoms with E-state index < -0.39 is 17.7 Å². The van der Waals surface area contributed by atoms with E-state index in [1.807, 2.05) is 6.92 Å². The van der Waals surface area contributed by atoms with Gasteiger partial charge in [-0.15, -0.1) is 0 Å². The van der Waals surface area contributed by atoms with Crippen LogP contribution in [-0.4, -0.2) is 12.6 Å². The number of nitrogens with one attached hydrogen (secondary N) is 2. The second-order valence-corrected chi connectivity index (χ2v) is 3.82. The maximum Gasteiger partial charge on any atom is 0.319 e. The molecular formula is C12H16F2N2O. The number of carbonyl (C=O) groups excluding carboxylic acids is 1. The third-order valence-electron chi connectivity index (χ3n) is 2.31. The van der Waals surface area contributed by atoms with E-state index in [1.54, 1.807) is 0 Å². The van der Waals surface area contributed by atoms with Crippen molar-refractivity contribution in [3.05, 3.63) is 29.3 Å². The first kappa shape index (κ1) is 13.4. The molecule has 0 aliphatic rings. The first-order valence-electron chi connectivity index (χ1n) is 5.55. The summed E-state index contributed by atoms with van der Waals surface area (Å²) >= 11 is 0. The predicted octanol–water partition coefficient (Wildman–Crippen LogP) is 3.19. The summed E-state index contributed by atoms with van der Waals surface area (Å²) in [6.07, 6.45) is 1.80. The number of unbranched alkanes of at least 4 members (excludes halogenated alkanes) is 1. The molecule has 0 spiro atoms. The van der Waals surface area contributed by atoms with E-state index in [0.29, 0.717) is 6.54 Å². The van der Waals surface area contributed by atoms with Gasteiger partial charge in [-0.1, -0.05) is 13.3 Å². The van der Waals surface area contributed by atoms with E-state index in [2.05, 4.69) is 10.6 Å². The maximum atomic E-state index is 13.4. The number of benzene rings is 1. The van der Waals surface area contributed by atoms with Gasteiger partial charge < -0.3 is 10.6 Å². The molecule has 5 heteroatoms. The molecule has 3 nitrogen and oxygen atoms in total. The number of halogens is 2. The number of carbonyl (C=O) groups is 1. The van der Waals surface area contributed by atoms with Crippen molar-refractivity contribution in [3.63, 3.8) is 0 Å². The highest BCUT2D eigenvalue weighted by Crippen LogP contribution is 2.18. The van der Waals surface area contributed by atoms with Gasteiger partial charge in [-0.05, 0) is 25.0 Å². The normalized spacial score (nSPS) is 10.1. The highest BCUT2D eigenvalue weighted by Gasteiger charge is 2.09. The molecule has 0 aromatic heterocycles. The fourth-order valence-corrected chi connectivity index (χ4v) is 1.29. The molecule has 0 saturated heterocycles. The van der Waals surface area contributed by atoms with Crippen molar-refractivity contribution < 1.29 is 13.6 Å². The summed E-state index contributed by atoms with van der Waals surface area (Å²) in [5.74, 6) is -1.19. The molecule has 0 aliphatic heterocycles. The molecule has 0 unspecified atom stereocenters. The summed E-state index contributed by atoms with van der Waals surface area (Å²) in [4.78, 5) is 11.3. The lowest BCUT2D eigenvalue weighted by molar-refractivity contribution is 0.252. The monoisotopic (exact) mass is 242 g/mol. The molecule has 1 aromatic rings. The van der Waals surface area contributed by atoms with E-state index in [-0.39, 0.29) is 11.3 Å². The van der Waals surface area contributed by atoms with Crippen molar-refractivity contribution in [2.45, 2.75) is 26.7 Å². The Morgan fingerprint density at radius 2 is 2.00 bits per heavy atom. The smallest absolute Gasteiger partial charge is 0.319 e. The lowest BCUT2D eigenvalue weighted by Gasteiger charge is -2.09. The first-order chi connectivity index (χ1) is 8.04. The Hall–Kier alpha value is -1.65. The van der Waals surface area contributed by atoms with Gasteiger partial charge in [-0.25, -0.2) is 13.6 Å². The van der Waals surface area contributed by atoms with Gasteiger partial charge in [0.05, 0.1) is 5.69 Å². The Bertz CT molecular complexity index is 408. The Morgan fingerprint density at radius 1 is 1.29 bits per heavy atom. The van der Waals surface area contributed by atoms with Gasteiger partial charge in [-0.2, -0.15) is 0 Å². The number of aryl methyl sites for hydroxylation is 1. The topological polar surface area (TPSA) is 41.1 Å².